The van der Waals surface area contributed by atoms with E-state index >= 15 is 0 Å². The number of hydrogen-bond donors (Lipinski definition) is 1. The quantitative estimate of drug-likeness (QED) is 0.608. The summed E-state index contributed by atoms with van der Waals surface area (Å²) in [4.78, 5) is 40.3. The fourth-order valence-electron chi connectivity index (χ4n) is 5.04. The van der Waals surface area contributed by atoms with Crippen LogP contribution in [0.3, 0.4) is 0 Å². The van der Waals surface area contributed by atoms with Crippen LogP contribution >= 0.6 is 0 Å². The monoisotopic (exact) mass is 349 g/mol. The molecule has 2 saturated heterocycles. The Kier molecular flexibility index (Phi) is 4.02. The molecule has 25 heavy (non-hydrogen) atoms. The topological polar surface area (TPSA) is 79.0 Å². The summed E-state index contributed by atoms with van der Waals surface area (Å²) < 4.78 is 4.87. The highest BCUT2D eigenvalue weighted by molar-refractivity contribution is 6.07. The van der Waals surface area contributed by atoms with Crippen LogP contribution in [0.15, 0.2) is 0 Å². The van der Waals surface area contributed by atoms with Crippen LogP contribution in [0, 0.1) is 11.3 Å². The van der Waals surface area contributed by atoms with Gasteiger partial charge in [0.25, 0.3) is 5.91 Å². The van der Waals surface area contributed by atoms with E-state index < -0.39 is 5.54 Å². The van der Waals surface area contributed by atoms with Gasteiger partial charge in [-0.2, -0.15) is 0 Å². The molecule has 0 radical (unpaired) electrons. The molecule has 1 N–H and O–H groups in total. The number of nitrogens with one attached hydrogen (secondary N) is 1. The van der Waals surface area contributed by atoms with Gasteiger partial charge in [0.15, 0.2) is 0 Å². The van der Waals surface area contributed by atoms with Crippen molar-refractivity contribution in [3.63, 3.8) is 0 Å². The van der Waals surface area contributed by atoms with Crippen LogP contribution < -0.4 is 5.32 Å². The van der Waals surface area contributed by atoms with Crippen LogP contribution in [-0.4, -0.2) is 66.5 Å². The third-order valence-electron chi connectivity index (χ3n) is 6.87. The molecule has 2 aliphatic carbocycles. The van der Waals surface area contributed by atoms with E-state index in [9.17, 15) is 14.4 Å². The normalized spacial score (nSPS) is 30.1. The fraction of sp³-hybridized carbons (Fsp3) is 0.833. The average molecular weight is 349 g/mol. The molecule has 1 atom stereocenters. The molecule has 138 valence electrons. The van der Waals surface area contributed by atoms with E-state index in [-0.39, 0.29) is 29.2 Å². The van der Waals surface area contributed by atoms with Gasteiger partial charge in [-0.25, -0.2) is 4.79 Å². The third-order valence-corrected chi connectivity index (χ3v) is 6.87. The van der Waals surface area contributed by atoms with E-state index in [2.05, 4.69) is 10.2 Å². The van der Waals surface area contributed by atoms with Crippen molar-refractivity contribution in [1.29, 1.82) is 0 Å². The van der Waals surface area contributed by atoms with Crippen molar-refractivity contribution < 1.29 is 19.1 Å². The zero-order valence-corrected chi connectivity index (χ0v) is 14.9. The number of carbonyl (C=O) groups excluding carboxylic acids is 3. The second kappa shape index (κ2) is 5.97. The number of urea groups is 1. The summed E-state index contributed by atoms with van der Waals surface area (Å²) in [7, 11) is 1.46. The number of carbonyl (C=O) groups is 3. The Balaban J connectivity index is 1.27. The standard InChI is InChI=1S/C18H27N3O4/c1-25-14(22)13-12-17(13)6-8-20(9-7-17)10-11-21-15(23)18(19-16(21)24)4-2-3-5-18/h13H,2-12H2,1H3,(H,19,24). The highest BCUT2D eigenvalue weighted by atomic mass is 16.5. The molecular formula is C18H27N3O4. The molecule has 4 fully saturated rings. The Bertz CT molecular complexity index is 591. The van der Waals surface area contributed by atoms with Crippen molar-refractivity contribution in [2.45, 2.75) is 50.5 Å². The Hall–Kier alpha value is -1.63. The summed E-state index contributed by atoms with van der Waals surface area (Å²) in [5.41, 5.74) is -0.455. The zero-order valence-electron chi connectivity index (χ0n) is 14.9. The van der Waals surface area contributed by atoms with Gasteiger partial charge in [-0.1, -0.05) is 12.8 Å². The SMILES string of the molecule is COC(=O)C1CC12CCN(CCN1C(=O)NC3(CCCC3)C1=O)CC2. The molecular weight excluding hydrogens is 322 g/mol. The van der Waals surface area contributed by atoms with Crippen molar-refractivity contribution in [2.75, 3.05) is 33.3 Å². The maximum Gasteiger partial charge on any atom is 0.325 e. The van der Waals surface area contributed by atoms with Gasteiger partial charge in [0, 0.05) is 13.1 Å². The summed E-state index contributed by atoms with van der Waals surface area (Å²) in [5.74, 6) is -0.0288. The number of methoxy groups -OCH3 is 1. The lowest BCUT2D eigenvalue weighted by Crippen LogP contribution is -2.45. The van der Waals surface area contributed by atoms with E-state index in [0.717, 1.165) is 58.0 Å². The van der Waals surface area contributed by atoms with Gasteiger partial charge in [0.05, 0.1) is 13.0 Å². The first kappa shape index (κ1) is 16.8. The molecule has 3 amide bonds. The van der Waals surface area contributed by atoms with E-state index in [1.807, 2.05) is 0 Å². The Morgan fingerprint density at radius 1 is 1.16 bits per heavy atom. The molecule has 2 heterocycles. The average Bonchev–Trinajstić information content (AvgIpc) is 2.99. The van der Waals surface area contributed by atoms with E-state index in [1.54, 1.807) is 0 Å². The smallest absolute Gasteiger partial charge is 0.325 e. The maximum absolute atomic E-state index is 12.6. The van der Waals surface area contributed by atoms with Crippen molar-refractivity contribution in [1.82, 2.24) is 15.1 Å². The van der Waals surface area contributed by atoms with E-state index in [1.165, 1.54) is 12.0 Å². The van der Waals surface area contributed by atoms with Gasteiger partial charge in [0.1, 0.15) is 5.54 Å². The molecule has 0 aromatic heterocycles. The molecule has 2 spiro atoms. The first-order chi connectivity index (χ1) is 12.0. The third kappa shape index (κ3) is 2.72. The van der Waals surface area contributed by atoms with Crippen LogP contribution in [-0.2, 0) is 14.3 Å². The number of esters is 1. The molecule has 0 aromatic carbocycles. The molecule has 4 aliphatic rings. The number of likely N-dealkylation sites (tertiary alicyclic amines) is 1. The number of amides is 3. The zero-order chi connectivity index (χ0) is 17.7. The molecule has 2 aliphatic heterocycles. The maximum atomic E-state index is 12.6. The minimum atomic E-state index is -0.606. The molecule has 0 aromatic rings. The van der Waals surface area contributed by atoms with E-state index in [4.69, 9.17) is 4.74 Å². The first-order valence-corrected chi connectivity index (χ1v) is 9.44. The fourth-order valence-corrected chi connectivity index (χ4v) is 5.04. The second-order valence-corrected chi connectivity index (χ2v) is 8.16. The molecule has 2 saturated carbocycles. The minimum Gasteiger partial charge on any atom is -0.469 e. The summed E-state index contributed by atoms with van der Waals surface area (Å²) in [5, 5.41) is 2.93. The Labute approximate surface area is 148 Å². The molecule has 7 nitrogen and oxygen atoms in total. The van der Waals surface area contributed by atoms with Gasteiger partial charge >= 0.3 is 12.0 Å². The summed E-state index contributed by atoms with van der Waals surface area (Å²) in [6.45, 7) is 3.01. The van der Waals surface area contributed by atoms with Crippen LogP contribution in [0.2, 0.25) is 0 Å². The van der Waals surface area contributed by atoms with Gasteiger partial charge in [-0.15, -0.1) is 0 Å². The van der Waals surface area contributed by atoms with Crippen LogP contribution in [0.4, 0.5) is 4.79 Å². The second-order valence-electron chi connectivity index (χ2n) is 8.16. The van der Waals surface area contributed by atoms with Gasteiger partial charge in [0.2, 0.25) is 0 Å². The minimum absolute atomic E-state index is 0.0311. The molecule has 4 rings (SSSR count). The van der Waals surface area contributed by atoms with Crippen molar-refractivity contribution >= 4 is 17.9 Å². The molecule has 0 bridgehead atoms. The van der Waals surface area contributed by atoms with Gasteiger partial charge < -0.3 is 15.0 Å². The van der Waals surface area contributed by atoms with Crippen LogP contribution in [0.1, 0.15) is 44.9 Å². The number of piperidine rings is 1. The predicted octanol–water partition coefficient (Wildman–Crippen LogP) is 1.13. The lowest BCUT2D eigenvalue weighted by atomic mass is 9.91. The number of hydrogen-bond acceptors (Lipinski definition) is 5. The van der Waals surface area contributed by atoms with Gasteiger partial charge in [-0.05, 0) is 50.6 Å². The Morgan fingerprint density at radius 3 is 2.48 bits per heavy atom. The number of ether oxygens (including phenoxy) is 1. The predicted molar refractivity (Wildman–Crippen MR) is 89.7 cm³/mol. The first-order valence-electron chi connectivity index (χ1n) is 9.44. The van der Waals surface area contributed by atoms with Crippen molar-refractivity contribution in [3.05, 3.63) is 0 Å². The Morgan fingerprint density at radius 2 is 1.84 bits per heavy atom. The van der Waals surface area contributed by atoms with Crippen molar-refractivity contribution in [3.8, 4) is 0 Å². The summed E-state index contributed by atoms with van der Waals surface area (Å²) in [6, 6.07) is -0.228. The van der Waals surface area contributed by atoms with E-state index in [0.29, 0.717) is 13.1 Å². The molecule has 7 heteroatoms. The number of nitrogens with zero attached hydrogens (tertiary/aromatic N) is 2. The molecule has 1 unspecified atom stereocenters. The lowest BCUT2D eigenvalue weighted by Gasteiger charge is -2.33. The van der Waals surface area contributed by atoms with Crippen LogP contribution in [0.5, 0.6) is 0 Å². The van der Waals surface area contributed by atoms with Gasteiger partial charge in [-0.3, -0.25) is 14.5 Å². The number of imide groups is 1. The lowest BCUT2D eigenvalue weighted by molar-refractivity contribution is -0.143. The highest BCUT2D eigenvalue weighted by Crippen LogP contribution is 2.59. The number of rotatable bonds is 4. The van der Waals surface area contributed by atoms with Crippen LogP contribution in [0.25, 0.3) is 0 Å². The largest absolute Gasteiger partial charge is 0.469 e. The summed E-state index contributed by atoms with van der Waals surface area (Å²) >= 11 is 0. The van der Waals surface area contributed by atoms with Crippen molar-refractivity contribution in [2.24, 2.45) is 11.3 Å². The summed E-state index contributed by atoms with van der Waals surface area (Å²) in [6.07, 6.45) is 6.51. The highest BCUT2D eigenvalue weighted by Gasteiger charge is 2.59.